The third-order valence-corrected chi connectivity index (χ3v) is 7.92. The van der Waals surface area contributed by atoms with E-state index in [-0.39, 0.29) is 29.7 Å². The van der Waals surface area contributed by atoms with Crippen molar-refractivity contribution in [3.8, 4) is 0 Å². The molecule has 1 N–H and O–H groups in total. The topological polar surface area (TPSA) is 90.0 Å². The second kappa shape index (κ2) is 11.2. The van der Waals surface area contributed by atoms with E-state index in [2.05, 4.69) is 9.62 Å². The first-order valence-corrected chi connectivity index (χ1v) is 13.1. The third-order valence-electron chi connectivity index (χ3n) is 6.46. The zero-order valence-corrected chi connectivity index (χ0v) is 20.1. The van der Waals surface area contributed by atoms with E-state index in [0.717, 1.165) is 37.1 Å². The van der Waals surface area contributed by atoms with E-state index in [4.69, 9.17) is 0 Å². The van der Waals surface area contributed by atoms with Crippen LogP contribution in [0, 0.1) is 13.8 Å². The Hall–Kier alpha value is -1.97. The monoisotopic (exact) mass is 464 g/mol. The van der Waals surface area contributed by atoms with Crippen molar-refractivity contribution in [3.05, 3.63) is 29.3 Å². The van der Waals surface area contributed by atoms with Gasteiger partial charge in [0.05, 0.1) is 11.4 Å². The molecule has 2 aliphatic rings. The maximum atomic E-state index is 12.6. The van der Waals surface area contributed by atoms with Crippen molar-refractivity contribution in [3.63, 3.8) is 0 Å². The maximum absolute atomic E-state index is 12.6. The maximum Gasteiger partial charge on any atom is 0.240 e. The number of sulfonamides is 1. The largest absolute Gasteiger partial charge is 0.342 e. The summed E-state index contributed by atoms with van der Waals surface area (Å²) in [6, 6.07) is 5.01. The van der Waals surface area contributed by atoms with Crippen molar-refractivity contribution >= 4 is 21.8 Å². The highest BCUT2D eigenvalue weighted by atomic mass is 32.2. The molecule has 3 rings (SSSR count). The van der Waals surface area contributed by atoms with Crippen LogP contribution >= 0.6 is 0 Å². The molecule has 1 aromatic carbocycles. The fourth-order valence-corrected chi connectivity index (χ4v) is 5.30. The van der Waals surface area contributed by atoms with Crippen LogP contribution in [-0.2, 0) is 19.6 Å². The zero-order chi connectivity index (χ0) is 23.1. The van der Waals surface area contributed by atoms with E-state index in [1.807, 2.05) is 18.7 Å². The Kier molecular flexibility index (Phi) is 8.67. The molecule has 9 heteroatoms. The average molecular weight is 465 g/mol. The molecule has 0 spiro atoms. The number of likely N-dealkylation sites (tertiary alicyclic amines) is 1. The van der Waals surface area contributed by atoms with Crippen LogP contribution in [-0.4, -0.2) is 87.3 Å². The lowest BCUT2D eigenvalue weighted by Gasteiger charge is -2.35. The first-order valence-electron chi connectivity index (χ1n) is 11.6. The van der Waals surface area contributed by atoms with Gasteiger partial charge in [-0.25, -0.2) is 13.1 Å². The summed E-state index contributed by atoms with van der Waals surface area (Å²) in [4.78, 5) is 31.2. The SMILES string of the molecule is Cc1ccc(S(=O)(=O)NCCC(=O)N2CCN(CC(=O)N3CCCCCC3)CC2)cc1C. The predicted octanol–water partition coefficient (Wildman–Crippen LogP) is 1.52. The average Bonchev–Trinajstić information content (AvgIpc) is 3.05. The van der Waals surface area contributed by atoms with E-state index in [0.29, 0.717) is 32.7 Å². The minimum atomic E-state index is -3.63. The summed E-state index contributed by atoms with van der Waals surface area (Å²) >= 11 is 0. The lowest BCUT2D eigenvalue weighted by Crippen LogP contribution is -2.52. The molecule has 0 aliphatic carbocycles. The Morgan fingerprint density at radius 3 is 2.09 bits per heavy atom. The lowest BCUT2D eigenvalue weighted by molar-refractivity contribution is -0.135. The molecule has 2 aliphatic heterocycles. The predicted molar refractivity (Wildman–Crippen MR) is 124 cm³/mol. The van der Waals surface area contributed by atoms with Gasteiger partial charge in [0.25, 0.3) is 0 Å². The molecular formula is C23H36N4O4S. The van der Waals surface area contributed by atoms with Crippen LogP contribution in [0.5, 0.6) is 0 Å². The van der Waals surface area contributed by atoms with Crippen molar-refractivity contribution < 1.29 is 18.0 Å². The number of piperazine rings is 1. The highest BCUT2D eigenvalue weighted by Gasteiger charge is 2.25. The Bertz CT molecular complexity index is 903. The van der Waals surface area contributed by atoms with Gasteiger partial charge in [0.1, 0.15) is 0 Å². The highest BCUT2D eigenvalue weighted by molar-refractivity contribution is 7.89. The molecule has 0 unspecified atom stereocenters. The molecule has 2 heterocycles. The second-order valence-corrected chi connectivity index (χ2v) is 10.6. The van der Waals surface area contributed by atoms with Gasteiger partial charge in [0, 0.05) is 52.2 Å². The molecule has 0 radical (unpaired) electrons. The smallest absolute Gasteiger partial charge is 0.240 e. The number of hydrogen-bond acceptors (Lipinski definition) is 5. The van der Waals surface area contributed by atoms with Crippen LogP contribution in [0.15, 0.2) is 23.1 Å². The van der Waals surface area contributed by atoms with Crippen molar-refractivity contribution in [2.45, 2.75) is 50.8 Å². The number of benzene rings is 1. The molecule has 0 saturated carbocycles. The summed E-state index contributed by atoms with van der Waals surface area (Å²) in [7, 11) is -3.63. The van der Waals surface area contributed by atoms with Gasteiger partial charge in [-0.2, -0.15) is 0 Å². The van der Waals surface area contributed by atoms with Crippen LogP contribution in [0.2, 0.25) is 0 Å². The standard InChI is InChI=1S/C23H36N4O4S/c1-19-7-8-21(17-20(19)2)32(30,31)24-10-9-22(28)27-15-13-25(14-16-27)18-23(29)26-11-5-3-4-6-12-26/h7-8,17,24H,3-6,9-16,18H2,1-2H3. The summed E-state index contributed by atoms with van der Waals surface area (Å²) < 4.78 is 27.5. The van der Waals surface area contributed by atoms with Gasteiger partial charge >= 0.3 is 0 Å². The zero-order valence-electron chi connectivity index (χ0n) is 19.3. The lowest BCUT2D eigenvalue weighted by atomic mass is 10.1. The van der Waals surface area contributed by atoms with Gasteiger partial charge in [0.15, 0.2) is 0 Å². The third kappa shape index (κ3) is 6.76. The van der Waals surface area contributed by atoms with Gasteiger partial charge in [-0.3, -0.25) is 14.5 Å². The fraction of sp³-hybridized carbons (Fsp3) is 0.652. The molecule has 32 heavy (non-hydrogen) atoms. The summed E-state index contributed by atoms with van der Waals surface area (Å²) in [5, 5.41) is 0. The number of hydrogen-bond donors (Lipinski definition) is 1. The van der Waals surface area contributed by atoms with Gasteiger partial charge < -0.3 is 9.80 Å². The number of rotatable bonds is 7. The molecule has 0 bridgehead atoms. The number of carbonyl (C=O) groups excluding carboxylic acids is 2. The fourth-order valence-electron chi connectivity index (χ4n) is 4.18. The van der Waals surface area contributed by atoms with Crippen LogP contribution in [0.1, 0.15) is 43.2 Å². The van der Waals surface area contributed by atoms with Gasteiger partial charge in [-0.05, 0) is 49.9 Å². The van der Waals surface area contributed by atoms with Crippen molar-refractivity contribution in [2.75, 3.05) is 52.4 Å². The summed E-state index contributed by atoms with van der Waals surface area (Å²) in [6.45, 7) is 8.47. The van der Waals surface area contributed by atoms with E-state index in [1.54, 1.807) is 23.1 Å². The molecule has 1 aromatic rings. The minimum absolute atomic E-state index is 0.0636. The van der Waals surface area contributed by atoms with Crippen molar-refractivity contribution in [1.29, 1.82) is 0 Å². The molecule has 8 nitrogen and oxygen atoms in total. The highest BCUT2D eigenvalue weighted by Crippen LogP contribution is 2.15. The van der Waals surface area contributed by atoms with Crippen LogP contribution in [0.4, 0.5) is 0 Å². The second-order valence-electron chi connectivity index (χ2n) is 8.85. The van der Waals surface area contributed by atoms with Gasteiger partial charge in [0.2, 0.25) is 21.8 Å². The number of carbonyl (C=O) groups is 2. The van der Waals surface area contributed by atoms with Crippen LogP contribution < -0.4 is 4.72 Å². The molecule has 178 valence electrons. The Morgan fingerprint density at radius 1 is 0.844 bits per heavy atom. The van der Waals surface area contributed by atoms with Crippen LogP contribution in [0.25, 0.3) is 0 Å². The van der Waals surface area contributed by atoms with E-state index < -0.39 is 10.0 Å². The quantitative estimate of drug-likeness (QED) is 0.661. The number of nitrogens with one attached hydrogen (secondary N) is 1. The van der Waals surface area contributed by atoms with Crippen molar-refractivity contribution in [1.82, 2.24) is 19.4 Å². The van der Waals surface area contributed by atoms with Crippen LogP contribution in [0.3, 0.4) is 0 Å². The Balaban J connectivity index is 1.39. The van der Waals surface area contributed by atoms with Crippen molar-refractivity contribution in [2.24, 2.45) is 0 Å². The first kappa shape index (κ1) is 24.7. The number of aryl methyl sites for hydroxylation is 2. The normalized spacial score (nSPS) is 18.4. The van der Waals surface area contributed by atoms with E-state index in [9.17, 15) is 18.0 Å². The summed E-state index contributed by atoms with van der Waals surface area (Å²) in [5.41, 5.74) is 1.95. The Labute approximate surface area is 192 Å². The molecule has 0 aromatic heterocycles. The van der Waals surface area contributed by atoms with Gasteiger partial charge in [-0.1, -0.05) is 18.9 Å². The summed E-state index contributed by atoms with van der Waals surface area (Å²) in [5.74, 6) is 0.124. The minimum Gasteiger partial charge on any atom is -0.342 e. The summed E-state index contributed by atoms with van der Waals surface area (Å²) in [6.07, 6.45) is 4.69. The first-order chi connectivity index (χ1) is 15.3. The molecule has 2 fully saturated rings. The molecule has 2 amide bonds. The van der Waals surface area contributed by atoms with E-state index >= 15 is 0 Å². The Morgan fingerprint density at radius 2 is 1.47 bits per heavy atom. The molecular weight excluding hydrogens is 428 g/mol. The van der Waals surface area contributed by atoms with Gasteiger partial charge in [-0.15, -0.1) is 0 Å². The number of nitrogens with zero attached hydrogens (tertiary/aromatic N) is 3. The number of amides is 2. The molecule has 2 saturated heterocycles. The molecule has 0 atom stereocenters. The van der Waals surface area contributed by atoms with E-state index in [1.165, 1.54) is 12.8 Å².